The highest BCUT2D eigenvalue weighted by Crippen LogP contribution is 2.07. The van der Waals surface area contributed by atoms with Crippen molar-refractivity contribution in [2.75, 3.05) is 6.54 Å². The first kappa shape index (κ1) is 11.8. The van der Waals surface area contributed by atoms with Crippen molar-refractivity contribution in [3.8, 4) is 11.8 Å². The molecule has 0 bridgehead atoms. The quantitative estimate of drug-likeness (QED) is 0.340. The zero-order valence-corrected chi connectivity index (χ0v) is 9.52. The molecule has 0 amide bonds. The van der Waals surface area contributed by atoms with E-state index in [9.17, 15) is 0 Å². The number of hydrogen-bond donors (Lipinski definition) is 3. The standard InChI is InChI=1S/C9H14ClN5/c1-3-5-6-7-13-8(12-4-2)15-9(10,11)14-7/h3-4,11H2,1-2H3,(H2,12,13,14,15). The molecule has 1 unspecified atom stereocenters. The lowest BCUT2D eigenvalue weighted by molar-refractivity contribution is 0.568. The highest BCUT2D eigenvalue weighted by molar-refractivity contribution is 6.27. The van der Waals surface area contributed by atoms with Gasteiger partial charge in [-0.1, -0.05) is 24.4 Å². The monoisotopic (exact) mass is 227 g/mol. The lowest BCUT2D eigenvalue weighted by atomic mass is 10.4. The molecule has 0 aromatic carbocycles. The maximum absolute atomic E-state index is 5.87. The Labute approximate surface area is 94.2 Å². The summed E-state index contributed by atoms with van der Waals surface area (Å²) < 4.78 is 0. The number of nitrogens with two attached hydrogens (primary N) is 1. The average molecular weight is 228 g/mol. The van der Waals surface area contributed by atoms with E-state index in [1.165, 1.54) is 0 Å². The summed E-state index contributed by atoms with van der Waals surface area (Å²) in [6.45, 7) is 4.48. The van der Waals surface area contributed by atoms with Gasteiger partial charge in [-0.25, -0.2) is 4.99 Å². The Kier molecular flexibility index (Phi) is 3.95. The van der Waals surface area contributed by atoms with Gasteiger partial charge in [0.25, 0.3) is 5.25 Å². The Bertz CT molecular complexity index is 347. The summed E-state index contributed by atoms with van der Waals surface area (Å²) in [5.74, 6) is 6.62. The van der Waals surface area contributed by atoms with Crippen LogP contribution in [0.5, 0.6) is 0 Å². The second kappa shape index (κ2) is 5.01. The molecule has 0 radical (unpaired) electrons. The van der Waals surface area contributed by atoms with E-state index in [1.807, 2.05) is 13.8 Å². The smallest absolute Gasteiger partial charge is 0.267 e. The van der Waals surface area contributed by atoms with Crippen molar-refractivity contribution in [1.29, 1.82) is 0 Å². The van der Waals surface area contributed by atoms with Crippen LogP contribution in [0, 0.1) is 11.8 Å². The fraction of sp³-hybridized carbons (Fsp3) is 0.556. The minimum absolute atomic E-state index is 0.431. The van der Waals surface area contributed by atoms with E-state index in [0.29, 0.717) is 18.3 Å². The number of aliphatic imine (C=N–C) groups is 2. The summed E-state index contributed by atoms with van der Waals surface area (Å²) in [6, 6.07) is 0. The van der Waals surface area contributed by atoms with Crippen LogP contribution in [0.25, 0.3) is 0 Å². The number of guanidine groups is 1. The van der Waals surface area contributed by atoms with Crippen molar-refractivity contribution in [2.24, 2.45) is 15.7 Å². The van der Waals surface area contributed by atoms with Crippen molar-refractivity contribution in [1.82, 2.24) is 10.6 Å². The van der Waals surface area contributed by atoms with Gasteiger partial charge in [0.2, 0.25) is 5.96 Å². The van der Waals surface area contributed by atoms with Crippen LogP contribution < -0.4 is 16.4 Å². The predicted molar refractivity (Wildman–Crippen MR) is 62.5 cm³/mol. The Morgan fingerprint density at radius 3 is 2.93 bits per heavy atom. The number of hydrogen-bond acceptors (Lipinski definition) is 3. The number of rotatable bonds is 1. The third kappa shape index (κ3) is 3.78. The van der Waals surface area contributed by atoms with Crippen molar-refractivity contribution >= 4 is 23.4 Å². The third-order valence-electron chi connectivity index (χ3n) is 1.50. The van der Waals surface area contributed by atoms with Gasteiger partial charge in [0.1, 0.15) is 0 Å². The van der Waals surface area contributed by atoms with Crippen molar-refractivity contribution in [3.05, 3.63) is 0 Å². The maximum atomic E-state index is 5.87. The molecule has 1 atom stereocenters. The maximum Gasteiger partial charge on any atom is 0.267 e. The molecule has 0 aromatic heterocycles. The van der Waals surface area contributed by atoms with Crippen LogP contribution in [0.3, 0.4) is 0 Å². The number of alkyl halides is 1. The van der Waals surface area contributed by atoms with E-state index in [4.69, 9.17) is 17.3 Å². The number of amidine groups is 1. The molecule has 0 spiro atoms. The van der Waals surface area contributed by atoms with Crippen LogP contribution >= 0.6 is 11.6 Å². The molecule has 0 aromatic rings. The Morgan fingerprint density at radius 1 is 1.60 bits per heavy atom. The number of nitrogens with zero attached hydrogens (tertiary/aromatic N) is 2. The predicted octanol–water partition coefficient (Wildman–Crippen LogP) is 0.176. The van der Waals surface area contributed by atoms with Crippen molar-refractivity contribution < 1.29 is 0 Å². The number of nitrogens with one attached hydrogen (secondary N) is 2. The number of halogens is 1. The largest absolute Gasteiger partial charge is 0.306 e. The normalized spacial score (nSPS) is 27.2. The van der Waals surface area contributed by atoms with Crippen LogP contribution in [-0.2, 0) is 0 Å². The summed E-state index contributed by atoms with van der Waals surface area (Å²) in [7, 11) is 0. The molecule has 0 fully saturated rings. The average Bonchev–Trinajstić information content (AvgIpc) is 2.13. The minimum atomic E-state index is -1.36. The van der Waals surface area contributed by atoms with Crippen molar-refractivity contribution in [3.63, 3.8) is 0 Å². The van der Waals surface area contributed by atoms with Gasteiger partial charge in [-0.15, -0.1) is 0 Å². The molecule has 0 saturated heterocycles. The van der Waals surface area contributed by atoms with Gasteiger partial charge >= 0.3 is 0 Å². The Balaban J connectivity index is 2.88. The molecule has 6 heteroatoms. The molecule has 15 heavy (non-hydrogen) atoms. The highest BCUT2D eigenvalue weighted by atomic mass is 35.5. The van der Waals surface area contributed by atoms with Gasteiger partial charge in [-0.2, -0.15) is 0 Å². The fourth-order valence-electron chi connectivity index (χ4n) is 0.997. The van der Waals surface area contributed by atoms with E-state index < -0.39 is 5.25 Å². The van der Waals surface area contributed by atoms with Gasteiger partial charge in [0, 0.05) is 13.0 Å². The minimum Gasteiger partial charge on any atom is -0.306 e. The second-order valence-corrected chi connectivity index (χ2v) is 3.44. The summed E-state index contributed by atoms with van der Waals surface area (Å²) in [5, 5.41) is 4.26. The summed E-state index contributed by atoms with van der Waals surface area (Å²) >= 11 is 5.87. The molecule has 5 nitrogen and oxygen atoms in total. The van der Waals surface area contributed by atoms with Crippen LogP contribution in [0.15, 0.2) is 9.98 Å². The van der Waals surface area contributed by atoms with E-state index >= 15 is 0 Å². The van der Waals surface area contributed by atoms with Crippen LogP contribution in [0.2, 0.25) is 0 Å². The second-order valence-electron chi connectivity index (χ2n) is 2.86. The zero-order chi connectivity index (χ0) is 11.3. The molecule has 1 heterocycles. The SMILES string of the molecule is CCC#CC1=NC(N)(Cl)NC(=NCC)N1. The summed E-state index contributed by atoms with van der Waals surface area (Å²) in [4.78, 5) is 8.09. The summed E-state index contributed by atoms with van der Waals surface area (Å²) in [6.07, 6.45) is 0.744. The zero-order valence-electron chi connectivity index (χ0n) is 8.76. The van der Waals surface area contributed by atoms with Gasteiger partial charge < -0.3 is 10.6 Å². The lowest BCUT2D eigenvalue weighted by Gasteiger charge is -2.26. The molecule has 4 N–H and O–H groups in total. The molecule has 1 aliphatic heterocycles. The first-order chi connectivity index (χ1) is 7.07. The highest BCUT2D eigenvalue weighted by Gasteiger charge is 2.27. The van der Waals surface area contributed by atoms with E-state index in [0.717, 1.165) is 6.42 Å². The van der Waals surface area contributed by atoms with Gasteiger partial charge in [0.05, 0.1) is 0 Å². The third-order valence-corrected chi connectivity index (χ3v) is 1.68. The van der Waals surface area contributed by atoms with E-state index in [1.54, 1.807) is 0 Å². The molecule has 1 aliphatic rings. The van der Waals surface area contributed by atoms with Crippen LogP contribution in [0.1, 0.15) is 20.3 Å². The van der Waals surface area contributed by atoms with Gasteiger partial charge in [0.15, 0.2) is 5.84 Å². The first-order valence-corrected chi connectivity index (χ1v) is 5.11. The molecule has 0 saturated carbocycles. The molecule has 82 valence electrons. The van der Waals surface area contributed by atoms with E-state index in [2.05, 4.69) is 32.5 Å². The van der Waals surface area contributed by atoms with Crippen LogP contribution in [-0.4, -0.2) is 23.6 Å². The summed E-state index contributed by atoms with van der Waals surface area (Å²) in [5.41, 5.74) is 5.64. The van der Waals surface area contributed by atoms with Gasteiger partial charge in [-0.05, 0) is 12.8 Å². The Morgan fingerprint density at radius 2 is 2.33 bits per heavy atom. The topological polar surface area (TPSA) is 74.8 Å². The molecule has 0 aliphatic carbocycles. The van der Waals surface area contributed by atoms with Crippen LogP contribution in [0.4, 0.5) is 0 Å². The van der Waals surface area contributed by atoms with Gasteiger partial charge in [-0.3, -0.25) is 10.7 Å². The Hall–Kier alpha value is -1.25. The van der Waals surface area contributed by atoms with E-state index in [-0.39, 0.29) is 0 Å². The first-order valence-electron chi connectivity index (χ1n) is 4.73. The molecular weight excluding hydrogens is 214 g/mol. The van der Waals surface area contributed by atoms with Crippen molar-refractivity contribution in [2.45, 2.75) is 25.5 Å². The molecular formula is C9H14ClN5. The molecule has 1 rings (SSSR count). The lowest BCUT2D eigenvalue weighted by Crippen LogP contribution is -2.60. The fourth-order valence-corrected chi connectivity index (χ4v) is 1.17.